The van der Waals surface area contributed by atoms with Crippen molar-refractivity contribution in [3.8, 4) is 11.4 Å². The summed E-state index contributed by atoms with van der Waals surface area (Å²) in [5.74, 6) is 0.119. The number of rotatable bonds is 5. The van der Waals surface area contributed by atoms with E-state index < -0.39 is 0 Å². The van der Waals surface area contributed by atoms with Crippen molar-refractivity contribution in [2.24, 2.45) is 5.10 Å². The predicted molar refractivity (Wildman–Crippen MR) is 94.5 cm³/mol. The van der Waals surface area contributed by atoms with E-state index in [-0.39, 0.29) is 12.5 Å². The zero-order chi connectivity index (χ0) is 17.6. The van der Waals surface area contributed by atoms with Gasteiger partial charge in [-0.1, -0.05) is 42.5 Å². The van der Waals surface area contributed by atoms with E-state index in [2.05, 4.69) is 25.9 Å². The Kier molecular flexibility index (Phi) is 4.79. The Balaban J connectivity index is 1.61. The summed E-state index contributed by atoms with van der Waals surface area (Å²) in [6, 6.07) is 16.7. The van der Waals surface area contributed by atoms with Crippen LogP contribution in [0.25, 0.3) is 11.4 Å². The smallest absolute Gasteiger partial charge is 0.263 e. The Morgan fingerprint density at radius 1 is 1.20 bits per heavy atom. The molecule has 2 aromatic carbocycles. The second-order valence-electron chi connectivity index (χ2n) is 5.37. The highest BCUT2D eigenvalue weighted by atomic mass is 16.2. The van der Waals surface area contributed by atoms with Crippen LogP contribution in [0.2, 0.25) is 0 Å². The third kappa shape index (κ3) is 4.25. The van der Waals surface area contributed by atoms with Crippen LogP contribution in [0, 0.1) is 0 Å². The van der Waals surface area contributed by atoms with Crippen molar-refractivity contribution in [3.05, 3.63) is 60.2 Å². The van der Waals surface area contributed by atoms with Crippen LogP contribution in [0.3, 0.4) is 0 Å². The minimum atomic E-state index is -0.347. The first-order chi connectivity index (χ1) is 12.1. The number of nitrogens with one attached hydrogen (secondary N) is 1. The molecule has 0 saturated heterocycles. The van der Waals surface area contributed by atoms with Gasteiger partial charge in [-0.15, -0.1) is 10.2 Å². The summed E-state index contributed by atoms with van der Waals surface area (Å²) in [4.78, 5) is 13.2. The molecule has 0 saturated carbocycles. The lowest BCUT2D eigenvalue weighted by Gasteiger charge is -2.03. The number of hydrogen-bond acceptors (Lipinski definition) is 6. The van der Waals surface area contributed by atoms with Crippen LogP contribution in [0.15, 0.2) is 59.7 Å². The number of carbonyl (C=O) groups is 1. The third-order valence-electron chi connectivity index (χ3n) is 3.42. The van der Waals surface area contributed by atoms with E-state index in [1.807, 2.05) is 42.5 Å². The average Bonchev–Trinajstić information content (AvgIpc) is 3.09. The fourth-order valence-corrected chi connectivity index (χ4v) is 2.15. The zero-order valence-electron chi connectivity index (χ0n) is 13.6. The summed E-state index contributed by atoms with van der Waals surface area (Å²) in [6.07, 6.45) is 0. The quantitative estimate of drug-likeness (QED) is 0.416. The molecule has 0 aliphatic carbocycles. The lowest BCUT2D eigenvalue weighted by molar-refractivity contribution is -0.122. The highest BCUT2D eigenvalue weighted by Crippen LogP contribution is 2.11. The van der Waals surface area contributed by atoms with E-state index in [1.165, 1.54) is 4.80 Å². The summed E-state index contributed by atoms with van der Waals surface area (Å²) in [7, 11) is 0. The molecule has 8 nitrogen and oxygen atoms in total. The predicted octanol–water partition coefficient (Wildman–Crippen LogP) is 1.46. The van der Waals surface area contributed by atoms with E-state index in [0.717, 1.165) is 11.1 Å². The summed E-state index contributed by atoms with van der Waals surface area (Å²) >= 11 is 0. The first kappa shape index (κ1) is 16.3. The van der Waals surface area contributed by atoms with Crippen LogP contribution < -0.4 is 11.2 Å². The van der Waals surface area contributed by atoms with E-state index in [0.29, 0.717) is 17.2 Å². The number of benzene rings is 2. The molecule has 0 spiro atoms. The molecule has 0 aliphatic heterocycles. The molecule has 8 heteroatoms. The fraction of sp³-hybridized carbons (Fsp3) is 0.118. The maximum absolute atomic E-state index is 12.0. The molecule has 0 aliphatic rings. The summed E-state index contributed by atoms with van der Waals surface area (Å²) in [5, 5.41) is 16.1. The normalized spacial score (nSPS) is 11.3. The molecular formula is C17H17N7O. The SMILES string of the molecule is C/C(=N/NC(=O)Cn1nnc(-c2ccccc2)n1)c1cccc(N)c1. The van der Waals surface area contributed by atoms with Crippen LogP contribution in [-0.4, -0.2) is 31.8 Å². The molecule has 0 fully saturated rings. The Morgan fingerprint density at radius 2 is 2.00 bits per heavy atom. The van der Waals surface area contributed by atoms with Gasteiger partial charge in [0, 0.05) is 11.3 Å². The van der Waals surface area contributed by atoms with Crippen LogP contribution >= 0.6 is 0 Å². The first-order valence-corrected chi connectivity index (χ1v) is 7.64. The fourth-order valence-electron chi connectivity index (χ4n) is 2.15. The van der Waals surface area contributed by atoms with Crippen molar-refractivity contribution in [3.63, 3.8) is 0 Å². The van der Waals surface area contributed by atoms with Crippen LogP contribution in [0.1, 0.15) is 12.5 Å². The molecule has 0 radical (unpaired) electrons. The lowest BCUT2D eigenvalue weighted by Crippen LogP contribution is -2.25. The second kappa shape index (κ2) is 7.35. The standard InChI is InChI=1S/C17H17N7O/c1-12(14-8-5-9-15(18)10-14)19-20-16(25)11-24-22-17(21-23-24)13-6-3-2-4-7-13/h2-10H,11,18H2,1H3,(H,20,25)/b19-12-. The van der Waals surface area contributed by atoms with Gasteiger partial charge in [0.1, 0.15) is 6.54 Å². The lowest BCUT2D eigenvalue weighted by atomic mass is 10.1. The number of nitrogen functional groups attached to an aromatic ring is 1. The minimum absolute atomic E-state index is 0.0759. The van der Waals surface area contributed by atoms with Gasteiger partial charge < -0.3 is 5.73 Å². The second-order valence-corrected chi connectivity index (χ2v) is 5.37. The van der Waals surface area contributed by atoms with Crippen LogP contribution in [0.4, 0.5) is 5.69 Å². The van der Waals surface area contributed by atoms with Crippen molar-refractivity contribution < 1.29 is 4.79 Å². The average molecular weight is 335 g/mol. The zero-order valence-corrected chi connectivity index (χ0v) is 13.6. The number of anilines is 1. The third-order valence-corrected chi connectivity index (χ3v) is 3.42. The Hall–Kier alpha value is -3.55. The Morgan fingerprint density at radius 3 is 2.76 bits per heavy atom. The summed E-state index contributed by atoms with van der Waals surface area (Å²) in [5.41, 5.74) is 11.2. The Bertz CT molecular complexity index is 902. The van der Waals surface area contributed by atoms with Crippen molar-refractivity contribution in [2.45, 2.75) is 13.5 Å². The molecule has 0 atom stereocenters. The van der Waals surface area contributed by atoms with Gasteiger partial charge in [-0.3, -0.25) is 4.79 Å². The van der Waals surface area contributed by atoms with Gasteiger partial charge in [0.25, 0.3) is 5.91 Å². The first-order valence-electron chi connectivity index (χ1n) is 7.64. The van der Waals surface area contributed by atoms with Gasteiger partial charge in [-0.25, -0.2) is 5.43 Å². The van der Waals surface area contributed by atoms with Crippen molar-refractivity contribution >= 4 is 17.3 Å². The van der Waals surface area contributed by atoms with Crippen molar-refractivity contribution in [1.29, 1.82) is 0 Å². The van der Waals surface area contributed by atoms with Gasteiger partial charge in [0.05, 0.1) is 5.71 Å². The molecule has 0 unspecified atom stereocenters. The molecule has 1 aromatic heterocycles. The number of hydrogen-bond donors (Lipinski definition) is 2. The number of nitrogens with zero attached hydrogens (tertiary/aromatic N) is 5. The molecule has 3 aromatic rings. The molecule has 25 heavy (non-hydrogen) atoms. The highest BCUT2D eigenvalue weighted by molar-refractivity contribution is 5.99. The van der Waals surface area contributed by atoms with Crippen LogP contribution in [0.5, 0.6) is 0 Å². The highest BCUT2D eigenvalue weighted by Gasteiger charge is 2.09. The number of nitrogens with two attached hydrogens (primary N) is 1. The molecule has 1 heterocycles. The van der Waals surface area contributed by atoms with E-state index in [4.69, 9.17) is 5.73 Å². The monoisotopic (exact) mass is 335 g/mol. The van der Waals surface area contributed by atoms with Crippen molar-refractivity contribution in [1.82, 2.24) is 25.6 Å². The molecule has 1 amide bonds. The Labute approximate surface area is 144 Å². The summed E-state index contributed by atoms with van der Waals surface area (Å²) in [6.45, 7) is 1.71. The molecule has 0 bridgehead atoms. The number of aromatic nitrogens is 4. The maximum atomic E-state index is 12.0. The van der Waals surface area contributed by atoms with Gasteiger partial charge in [-0.2, -0.15) is 9.90 Å². The number of tetrazole rings is 1. The number of amides is 1. The topological polar surface area (TPSA) is 111 Å². The summed E-state index contributed by atoms with van der Waals surface area (Å²) < 4.78 is 0. The van der Waals surface area contributed by atoms with Gasteiger partial charge in [0.2, 0.25) is 5.82 Å². The molecule has 3 rings (SSSR count). The van der Waals surface area contributed by atoms with Crippen LogP contribution in [-0.2, 0) is 11.3 Å². The van der Waals surface area contributed by atoms with E-state index >= 15 is 0 Å². The maximum Gasteiger partial charge on any atom is 0.263 e. The molecule has 3 N–H and O–H groups in total. The largest absolute Gasteiger partial charge is 0.399 e. The van der Waals surface area contributed by atoms with E-state index in [1.54, 1.807) is 19.1 Å². The number of carbonyl (C=O) groups excluding carboxylic acids is 1. The molecular weight excluding hydrogens is 318 g/mol. The van der Waals surface area contributed by atoms with Gasteiger partial charge >= 0.3 is 0 Å². The van der Waals surface area contributed by atoms with E-state index in [9.17, 15) is 4.79 Å². The minimum Gasteiger partial charge on any atom is -0.399 e. The number of hydrazone groups is 1. The van der Waals surface area contributed by atoms with Gasteiger partial charge in [-0.05, 0) is 29.8 Å². The van der Waals surface area contributed by atoms with Crippen molar-refractivity contribution in [2.75, 3.05) is 5.73 Å². The van der Waals surface area contributed by atoms with Gasteiger partial charge in [0.15, 0.2) is 0 Å². The molecule has 126 valence electrons.